The average Bonchev–Trinajstić information content (AvgIpc) is 3.18. The van der Waals surface area contributed by atoms with Crippen LogP contribution in [-0.4, -0.2) is 22.3 Å². The fourth-order valence-corrected chi connectivity index (χ4v) is 4.01. The predicted octanol–water partition coefficient (Wildman–Crippen LogP) is 6.04. The molecule has 0 saturated heterocycles. The molecule has 7 heteroatoms. The number of hydrogen-bond acceptors (Lipinski definition) is 4. The Balaban J connectivity index is 1.94. The molecule has 1 atom stereocenters. The van der Waals surface area contributed by atoms with E-state index in [-0.39, 0.29) is 11.9 Å². The first kappa shape index (κ1) is 21.3. The highest BCUT2D eigenvalue weighted by atomic mass is 19.4. The third kappa shape index (κ3) is 4.95. The van der Waals surface area contributed by atoms with Crippen molar-refractivity contribution in [3.05, 3.63) is 48.0 Å². The van der Waals surface area contributed by atoms with Crippen LogP contribution in [0.4, 0.5) is 19.0 Å². The van der Waals surface area contributed by atoms with E-state index in [9.17, 15) is 13.2 Å². The molecule has 1 heterocycles. The van der Waals surface area contributed by atoms with Gasteiger partial charge in [0.15, 0.2) is 11.6 Å². The second-order valence-electron chi connectivity index (χ2n) is 7.74. The zero-order valence-electron chi connectivity index (χ0n) is 16.9. The molecule has 158 valence electrons. The summed E-state index contributed by atoms with van der Waals surface area (Å²) in [6, 6.07) is 1.56. The number of hydrogen-bond donors (Lipinski definition) is 1. The molecule has 2 N–H and O–H groups in total. The van der Waals surface area contributed by atoms with Gasteiger partial charge in [0.25, 0.3) is 0 Å². The fraction of sp³-hybridized carbons (Fsp3) is 0.500. The quantitative estimate of drug-likeness (QED) is 0.560. The van der Waals surface area contributed by atoms with Gasteiger partial charge in [-0.1, -0.05) is 38.0 Å². The van der Waals surface area contributed by atoms with Crippen molar-refractivity contribution in [1.29, 1.82) is 0 Å². The van der Waals surface area contributed by atoms with E-state index in [4.69, 9.17) is 5.73 Å². The van der Waals surface area contributed by atoms with Crippen molar-refractivity contribution in [2.45, 2.75) is 64.8 Å². The number of ether oxygens (including phenoxy) is 1. The number of anilines is 1. The molecule has 0 radical (unpaired) electrons. The minimum Gasteiger partial charge on any atom is -0.402 e. The maximum absolute atomic E-state index is 12.7. The largest absolute Gasteiger partial charge is 0.573 e. The molecule has 1 saturated carbocycles. The maximum atomic E-state index is 12.7. The van der Waals surface area contributed by atoms with Gasteiger partial charge in [-0.3, -0.25) is 0 Å². The molecule has 0 amide bonds. The maximum Gasteiger partial charge on any atom is 0.573 e. The first-order valence-corrected chi connectivity index (χ1v) is 10.1. The Morgan fingerprint density at radius 3 is 2.59 bits per heavy atom. The van der Waals surface area contributed by atoms with Crippen molar-refractivity contribution in [2.24, 2.45) is 5.92 Å². The van der Waals surface area contributed by atoms with Crippen LogP contribution in [0, 0.1) is 5.92 Å². The van der Waals surface area contributed by atoms with Crippen molar-refractivity contribution in [3.63, 3.8) is 0 Å². The van der Waals surface area contributed by atoms with Crippen molar-refractivity contribution in [1.82, 2.24) is 9.88 Å². The van der Waals surface area contributed by atoms with Gasteiger partial charge in [-0.05, 0) is 50.2 Å². The number of nitrogens with zero attached hydrogens (tertiary/aromatic N) is 2. The molecular weight excluding hydrogens is 379 g/mol. The average molecular weight is 407 g/mol. The Hall–Kier alpha value is -2.44. The number of rotatable bonds is 7. The van der Waals surface area contributed by atoms with Gasteiger partial charge in [-0.2, -0.15) is 0 Å². The van der Waals surface area contributed by atoms with Gasteiger partial charge in [0.05, 0.1) is 6.04 Å². The van der Waals surface area contributed by atoms with E-state index in [0.29, 0.717) is 17.9 Å². The van der Waals surface area contributed by atoms with Gasteiger partial charge in [0.1, 0.15) is 0 Å². The predicted molar refractivity (Wildman–Crippen MR) is 109 cm³/mol. The minimum absolute atomic E-state index is 0.247. The molecule has 0 aliphatic heterocycles. The standard InChI is InChI=1S/C22H28F3N3O/c1-4-16(18-11-20(21(26)27-12-18)29-22(23,24)25)13-28(19-10-9-14(19)2)15(3)17-7-5-6-8-17/h9,11-13,17,19H,3-8,10H2,1-2H3,(H2,26,27)/b16-13+. The molecule has 4 nitrogen and oxygen atoms in total. The summed E-state index contributed by atoms with van der Waals surface area (Å²) in [5.74, 6) is -0.312. The fourth-order valence-electron chi connectivity index (χ4n) is 4.01. The third-order valence-electron chi connectivity index (χ3n) is 5.84. The second kappa shape index (κ2) is 8.51. The molecule has 1 aromatic heterocycles. The summed E-state index contributed by atoms with van der Waals surface area (Å²) in [5.41, 5.74) is 9.37. The summed E-state index contributed by atoms with van der Waals surface area (Å²) in [6.45, 7) is 8.45. The number of alkyl halides is 3. The van der Waals surface area contributed by atoms with Crippen LogP contribution < -0.4 is 10.5 Å². The number of halogens is 3. The van der Waals surface area contributed by atoms with E-state index in [1.54, 1.807) is 0 Å². The summed E-state index contributed by atoms with van der Waals surface area (Å²) in [4.78, 5) is 6.13. The smallest absolute Gasteiger partial charge is 0.402 e. The Morgan fingerprint density at radius 2 is 2.07 bits per heavy atom. The molecule has 0 spiro atoms. The van der Waals surface area contributed by atoms with E-state index < -0.39 is 12.1 Å². The van der Waals surface area contributed by atoms with Gasteiger partial charge >= 0.3 is 6.36 Å². The van der Waals surface area contributed by atoms with Crippen LogP contribution in [0.25, 0.3) is 5.57 Å². The lowest BCUT2D eigenvalue weighted by atomic mass is 9.89. The molecule has 29 heavy (non-hydrogen) atoms. The third-order valence-corrected chi connectivity index (χ3v) is 5.84. The Morgan fingerprint density at radius 1 is 1.38 bits per heavy atom. The van der Waals surface area contributed by atoms with Crippen molar-refractivity contribution < 1.29 is 17.9 Å². The molecule has 1 unspecified atom stereocenters. The number of aromatic nitrogens is 1. The van der Waals surface area contributed by atoms with Gasteiger partial charge in [-0.15, -0.1) is 13.2 Å². The van der Waals surface area contributed by atoms with Crippen LogP contribution in [0.1, 0.15) is 57.9 Å². The van der Waals surface area contributed by atoms with Crippen LogP contribution in [0.15, 0.2) is 42.4 Å². The Bertz CT molecular complexity index is 823. The lowest BCUT2D eigenvalue weighted by Gasteiger charge is -2.39. The topological polar surface area (TPSA) is 51.4 Å². The van der Waals surface area contributed by atoms with Crippen molar-refractivity contribution in [2.75, 3.05) is 5.73 Å². The number of pyridine rings is 1. The monoisotopic (exact) mass is 407 g/mol. The van der Waals surface area contributed by atoms with Crippen LogP contribution in [0.2, 0.25) is 0 Å². The zero-order valence-corrected chi connectivity index (χ0v) is 16.9. The highest BCUT2D eigenvalue weighted by molar-refractivity contribution is 5.68. The van der Waals surface area contributed by atoms with E-state index in [1.807, 2.05) is 13.1 Å². The lowest BCUT2D eigenvalue weighted by molar-refractivity contribution is -0.274. The van der Waals surface area contributed by atoms with Crippen molar-refractivity contribution >= 4 is 11.4 Å². The second-order valence-corrected chi connectivity index (χ2v) is 7.74. The highest BCUT2D eigenvalue weighted by Crippen LogP contribution is 2.38. The first-order chi connectivity index (χ1) is 13.7. The SMILES string of the molecule is C=C(C1CCCC1)N(/C=C(\CC)c1cnc(N)c(OC(F)(F)F)c1)C1CC=C1C. The summed E-state index contributed by atoms with van der Waals surface area (Å²) in [7, 11) is 0. The van der Waals surface area contributed by atoms with Gasteiger partial charge < -0.3 is 15.4 Å². The van der Waals surface area contributed by atoms with Crippen LogP contribution in [-0.2, 0) is 0 Å². The number of allylic oxidation sites excluding steroid dienone is 2. The van der Waals surface area contributed by atoms with Crippen LogP contribution in [0.3, 0.4) is 0 Å². The molecular formula is C22H28F3N3O. The first-order valence-electron chi connectivity index (χ1n) is 10.1. The molecule has 2 aliphatic carbocycles. The normalized spacial score (nSPS) is 20.2. The summed E-state index contributed by atoms with van der Waals surface area (Å²) in [6.07, 6.45) is 7.14. The zero-order chi connectivity index (χ0) is 21.2. The molecule has 0 bridgehead atoms. The van der Waals surface area contributed by atoms with E-state index in [2.05, 4.69) is 34.2 Å². The van der Waals surface area contributed by atoms with Crippen LogP contribution >= 0.6 is 0 Å². The van der Waals surface area contributed by atoms with Gasteiger partial charge in [0.2, 0.25) is 0 Å². The summed E-state index contributed by atoms with van der Waals surface area (Å²) < 4.78 is 42.1. The molecule has 0 aromatic carbocycles. The lowest BCUT2D eigenvalue weighted by Crippen LogP contribution is -2.37. The molecule has 1 aromatic rings. The van der Waals surface area contributed by atoms with Crippen LogP contribution in [0.5, 0.6) is 5.75 Å². The highest BCUT2D eigenvalue weighted by Gasteiger charge is 2.33. The minimum atomic E-state index is -4.82. The summed E-state index contributed by atoms with van der Waals surface area (Å²) >= 11 is 0. The number of nitrogen functional groups attached to an aromatic ring is 1. The molecule has 3 rings (SSSR count). The number of nitrogens with two attached hydrogens (primary N) is 1. The Labute approximate surface area is 169 Å². The van der Waals surface area contributed by atoms with E-state index >= 15 is 0 Å². The molecule has 2 aliphatic rings. The van der Waals surface area contributed by atoms with Crippen molar-refractivity contribution in [3.8, 4) is 5.75 Å². The van der Waals surface area contributed by atoms with Gasteiger partial charge in [0, 0.05) is 23.7 Å². The Kier molecular flexibility index (Phi) is 6.24. The van der Waals surface area contributed by atoms with Gasteiger partial charge in [-0.25, -0.2) is 4.98 Å². The molecule has 1 fully saturated rings. The van der Waals surface area contributed by atoms with E-state index in [0.717, 1.165) is 30.5 Å². The van der Waals surface area contributed by atoms with E-state index in [1.165, 1.54) is 30.7 Å². The summed E-state index contributed by atoms with van der Waals surface area (Å²) in [5, 5.41) is 0.